The second-order valence-electron chi connectivity index (χ2n) is 6.67. The van der Waals surface area contributed by atoms with E-state index in [1.807, 2.05) is 39.8 Å². The predicted molar refractivity (Wildman–Crippen MR) is 103 cm³/mol. The first-order valence-electron chi connectivity index (χ1n) is 8.58. The van der Waals surface area contributed by atoms with Gasteiger partial charge in [-0.3, -0.25) is 4.79 Å². The van der Waals surface area contributed by atoms with Crippen LogP contribution >= 0.6 is 11.8 Å². The van der Waals surface area contributed by atoms with Crippen LogP contribution in [-0.4, -0.2) is 36.3 Å². The summed E-state index contributed by atoms with van der Waals surface area (Å²) in [6, 6.07) is 10.4. The summed E-state index contributed by atoms with van der Waals surface area (Å²) in [4.78, 5) is 12.8. The lowest BCUT2D eigenvalue weighted by Gasteiger charge is -2.10. The molecule has 2 heterocycles. The van der Waals surface area contributed by atoms with Crippen molar-refractivity contribution in [3.05, 3.63) is 52.8 Å². The molecule has 136 valence electrons. The van der Waals surface area contributed by atoms with Crippen LogP contribution in [0.25, 0.3) is 5.69 Å². The van der Waals surface area contributed by atoms with Gasteiger partial charge in [0.05, 0.1) is 11.8 Å². The molecule has 0 spiro atoms. The highest BCUT2D eigenvalue weighted by atomic mass is 32.2. The minimum atomic E-state index is 0.0836. The average Bonchev–Trinajstić information content (AvgIpc) is 3.17. The van der Waals surface area contributed by atoms with Crippen LogP contribution in [0.3, 0.4) is 0 Å². The molecular weight excluding hydrogens is 346 g/mol. The van der Waals surface area contributed by atoms with Gasteiger partial charge in [0.1, 0.15) is 0 Å². The second-order valence-corrected chi connectivity index (χ2v) is 7.61. The Morgan fingerprint density at radius 2 is 1.96 bits per heavy atom. The van der Waals surface area contributed by atoms with Crippen LogP contribution in [0.2, 0.25) is 0 Å². The molecule has 3 aromatic rings. The van der Waals surface area contributed by atoms with Crippen molar-refractivity contribution in [3.8, 4) is 5.69 Å². The molecule has 26 heavy (non-hydrogen) atoms. The number of ketones is 1. The normalized spacial score (nSPS) is 11.3. The molecule has 1 aromatic carbocycles. The van der Waals surface area contributed by atoms with Gasteiger partial charge in [0.25, 0.3) is 0 Å². The molecule has 0 saturated heterocycles. The fourth-order valence-electron chi connectivity index (χ4n) is 3.02. The maximum Gasteiger partial charge on any atom is 0.209 e. The van der Waals surface area contributed by atoms with Crippen LogP contribution in [-0.2, 0) is 0 Å². The van der Waals surface area contributed by atoms with Gasteiger partial charge >= 0.3 is 0 Å². The number of aryl methyl sites for hydroxylation is 2. The number of benzene rings is 1. The summed E-state index contributed by atoms with van der Waals surface area (Å²) in [5.41, 5.74) is 5.03. The number of carbonyl (C=O) groups excluding carboxylic acids is 1. The van der Waals surface area contributed by atoms with Crippen molar-refractivity contribution in [2.45, 2.75) is 45.8 Å². The third-order valence-corrected chi connectivity index (χ3v) is 5.21. The minimum Gasteiger partial charge on any atom is -0.318 e. The number of aromatic nitrogens is 5. The molecule has 0 amide bonds. The monoisotopic (exact) mass is 369 g/mol. The van der Waals surface area contributed by atoms with Gasteiger partial charge in [-0.1, -0.05) is 23.9 Å². The van der Waals surface area contributed by atoms with Crippen LogP contribution in [0, 0.1) is 20.8 Å². The first-order chi connectivity index (χ1) is 12.4. The molecule has 0 saturated carbocycles. The SMILES string of the molecule is Cc1cccc(-n2c(C)cc(C(=O)CSc3nnnn3C(C)C)c2C)c1. The maximum atomic E-state index is 12.8. The fraction of sp³-hybridized carbons (Fsp3) is 0.368. The highest BCUT2D eigenvalue weighted by Gasteiger charge is 2.18. The molecule has 7 heteroatoms. The molecule has 0 bridgehead atoms. The summed E-state index contributed by atoms with van der Waals surface area (Å²) in [7, 11) is 0. The van der Waals surface area contributed by atoms with Crippen LogP contribution in [0.1, 0.15) is 47.2 Å². The lowest BCUT2D eigenvalue weighted by Crippen LogP contribution is -2.08. The van der Waals surface area contributed by atoms with Crippen LogP contribution in [0.5, 0.6) is 0 Å². The van der Waals surface area contributed by atoms with E-state index in [4.69, 9.17) is 0 Å². The van der Waals surface area contributed by atoms with Crippen molar-refractivity contribution in [3.63, 3.8) is 0 Å². The summed E-state index contributed by atoms with van der Waals surface area (Å²) in [6.45, 7) is 10.1. The van der Waals surface area contributed by atoms with Crippen molar-refractivity contribution >= 4 is 17.5 Å². The Morgan fingerprint density at radius 1 is 1.19 bits per heavy atom. The van der Waals surface area contributed by atoms with Crippen LogP contribution < -0.4 is 0 Å². The fourth-order valence-corrected chi connectivity index (χ4v) is 3.91. The number of hydrogen-bond acceptors (Lipinski definition) is 5. The molecule has 6 nitrogen and oxygen atoms in total. The smallest absolute Gasteiger partial charge is 0.209 e. The van der Waals surface area contributed by atoms with Gasteiger partial charge in [0, 0.05) is 22.6 Å². The van der Waals surface area contributed by atoms with E-state index in [0.717, 1.165) is 22.6 Å². The van der Waals surface area contributed by atoms with Gasteiger partial charge in [0.15, 0.2) is 5.78 Å². The second kappa shape index (κ2) is 7.45. The number of hydrogen-bond donors (Lipinski definition) is 0. The van der Waals surface area contributed by atoms with Crippen molar-refractivity contribution < 1.29 is 4.79 Å². The topological polar surface area (TPSA) is 65.6 Å². The Balaban J connectivity index is 1.82. The molecule has 0 fully saturated rings. The first-order valence-corrected chi connectivity index (χ1v) is 9.57. The van der Waals surface area contributed by atoms with Gasteiger partial charge < -0.3 is 4.57 Å². The molecule has 0 radical (unpaired) electrons. The summed E-state index contributed by atoms with van der Waals surface area (Å²) in [5, 5.41) is 12.4. The summed E-state index contributed by atoms with van der Waals surface area (Å²) in [5.74, 6) is 0.394. The van der Waals surface area contributed by atoms with E-state index in [0.29, 0.717) is 10.9 Å². The van der Waals surface area contributed by atoms with E-state index in [1.54, 1.807) is 4.68 Å². The molecule has 3 rings (SSSR count). The Kier molecular flexibility index (Phi) is 5.27. The molecule has 0 aliphatic rings. The van der Waals surface area contributed by atoms with Gasteiger partial charge in [-0.05, 0) is 68.8 Å². The number of rotatable bonds is 6. The molecular formula is C19H23N5OS. The van der Waals surface area contributed by atoms with Gasteiger partial charge in [-0.2, -0.15) is 0 Å². The molecule has 0 aliphatic carbocycles. The Bertz CT molecular complexity index is 941. The zero-order chi connectivity index (χ0) is 18.8. The van der Waals surface area contributed by atoms with E-state index in [-0.39, 0.29) is 11.8 Å². The highest BCUT2D eigenvalue weighted by Crippen LogP contribution is 2.24. The first kappa shape index (κ1) is 18.4. The number of carbonyl (C=O) groups is 1. The van der Waals surface area contributed by atoms with Crippen molar-refractivity contribution in [2.24, 2.45) is 0 Å². The molecule has 2 aromatic heterocycles. The van der Waals surface area contributed by atoms with Crippen molar-refractivity contribution in [1.29, 1.82) is 0 Å². The third-order valence-electron chi connectivity index (χ3n) is 4.28. The molecule has 0 aliphatic heterocycles. The van der Waals surface area contributed by atoms with E-state index in [9.17, 15) is 4.79 Å². The quantitative estimate of drug-likeness (QED) is 0.486. The van der Waals surface area contributed by atoms with Gasteiger partial charge in [-0.15, -0.1) is 5.10 Å². The molecule has 0 N–H and O–H groups in total. The van der Waals surface area contributed by atoms with Crippen molar-refractivity contribution in [1.82, 2.24) is 24.8 Å². The van der Waals surface area contributed by atoms with E-state index < -0.39 is 0 Å². The molecule has 0 unspecified atom stereocenters. The number of thioether (sulfide) groups is 1. The highest BCUT2D eigenvalue weighted by molar-refractivity contribution is 7.99. The van der Waals surface area contributed by atoms with E-state index in [1.165, 1.54) is 17.3 Å². The predicted octanol–water partition coefficient (Wildman–Crippen LogP) is 3.94. The summed E-state index contributed by atoms with van der Waals surface area (Å²) < 4.78 is 3.86. The Hall–Kier alpha value is -2.41. The van der Waals surface area contributed by atoms with E-state index >= 15 is 0 Å². The zero-order valence-electron chi connectivity index (χ0n) is 15.7. The van der Waals surface area contributed by atoms with E-state index in [2.05, 4.69) is 45.2 Å². The van der Waals surface area contributed by atoms with Crippen LogP contribution in [0.15, 0.2) is 35.5 Å². The van der Waals surface area contributed by atoms with Crippen molar-refractivity contribution in [2.75, 3.05) is 5.75 Å². The number of tetrazole rings is 1. The standard InChI is InChI=1S/C19H23N5OS/c1-12(2)24-19(20-21-22-24)26-11-18(25)17-10-14(4)23(15(17)5)16-8-6-7-13(3)9-16/h6-10,12H,11H2,1-5H3. The zero-order valence-corrected chi connectivity index (χ0v) is 16.5. The summed E-state index contributed by atoms with van der Waals surface area (Å²) in [6.07, 6.45) is 0. The number of Topliss-reactive ketones (excluding diaryl/α,β-unsaturated/α-hetero) is 1. The largest absolute Gasteiger partial charge is 0.318 e. The Labute approximate surface area is 157 Å². The Morgan fingerprint density at radius 3 is 2.65 bits per heavy atom. The average molecular weight is 369 g/mol. The van der Waals surface area contributed by atoms with Gasteiger partial charge in [0.2, 0.25) is 5.16 Å². The lowest BCUT2D eigenvalue weighted by atomic mass is 10.2. The lowest BCUT2D eigenvalue weighted by molar-refractivity contribution is 0.102. The maximum absolute atomic E-state index is 12.8. The third kappa shape index (κ3) is 3.58. The van der Waals surface area contributed by atoms with Gasteiger partial charge in [-0.25, -0.2) is 4.68 Å². The molecule has 0 atom stereocenters. The number of nitrogens with zero attached hydrogens (tertiary/aromatic N) is 5. The minimum absolute atomic E-state index is 0.0836. The van der Waals surface area contributed by atoms with Crippen LogP contribution in [0.4, 0.5) is 0 Å². The summed E-state index contributed by atoms with van der Waals surface area (Å²) >= 11 is 1.38.